The summed E-state index contributed by atoms with van der Waals surface area (Å²) in [4.78, 5) is 31.1. The smallest absolute Gasteiger partial charge is 0.272 e. The molecule has 0 unspecified atom stereocenters. The van der Waals surface area contributed by atoms with E-state index in [1.54, 1.807) is 15.9 Å². The van der Waals surface area contributed by atoms with Crippen molar-refractivity contribution in [1.29, 1.82) is 0 Å². The molecule has 34 heavy (non-hydrogen) atoms. The average molecular weight is 513 g/mol. The molecule has 2 aliphatic heterocycles. The fraction of sp³-hybridized carbons (Fsp3) is 0.391. The first-order chi connectivity index (χ1) is 16.1. The summed E-state index contributed by atoms with van der Waals surface area (Å²) in [6.45, 7) is 0.286. The Morgan fingerprint density at radius 2 is 1.85 bits per heavy atom. The second kappa shape index (κ2) is 8.62. The molecule has 4 heterocycles. The topological polar surface area (TPSA) is 60.8 Å². The number of rotatable bonds is 4. The monoisotopic (exact) mass is 512 g/mol. The molecule has 11 heteroatoms. The molecular formula is C23H21Cl2F3N4O2. The number of piperidine rings is 1. The van der Waals surface area contributed by atoms with Crippen LogP contribution in [0.3, 0.4) is 0 Å². The van der Waals surface area contributed by atoms with E-state index in [2.05, 4.69) is 4.98 Å². The third-order valence-electron chi connectivity index (χ3n) is 6.57. The van der Waals surface area contributed by atoms with Crippen molar-refractivity contribution in [2.75, 3.05) is 26.2 Å². The van der Waals surface area contributed by atoms with Gasteiger partial charge in [-0.15, -0.1) is 0 Å². The van der Waals surface area contributed by atoms with Crippen LogP contribution >= 0.6 is 23.2 Å². The highest BCUT2D eigenvalue weighted by atomic mass is 35.5. The fourth-order valence-electron chi connectivity index (χ4n) is 4.79. The number of halogens is 5. The van der Waals surface area contributed by atoms with E-state index >= 15 is 0 Å². The number of H-pyrrole nitrogens is 1. The van der Waals surface area contributed by atoms with Gasteiger partial charge in [-0.05, 0) is 36.6 Å². The van der Waals surface area contributed by atoms with Crippen LogP contribution in [0.5, 0.6) is 0 Å². The molecule has 2 fully saturated rings. The second-order valence-corrected chi connectivity index (χ2v) is 9.65. The average Bonchev–Trinajstić information content (AvgIpc) is 3.10. The van der Waals surface area contributed by atoms with Gasteiger partial charge in [-0.3, -0.25) is 18.9 Å². The summed E-state index contributed by atoms with van der Waals surface area (Å²) in [5, 5.41) is 0.430. The summed E-state index contributed by atoms with van der Waals surface area (Å²) in [5.74, 6) is -3.68. The van der Waals surface area contributed by atoms with Crippen LogP contribution < -0.4 is 5.56 Å². The van der Waals surface area contributed by atoms with Gasteiger partial charge in [0.2, 0.25) is 0 Å². The number of alkyl halides is 2. The highest BCUT2D eigenvalue weighted by Gasteiger charge is 2.47. The zero-order valence-electron chi connectivity index (χ0n) is 18.0. The van der Waals surface area contributed by atoms with Crippen LogP contribution in [0.15, 0.2) is 35.3 Å². The molecule has 1 aromatic carbocycles. The van der Waals surface area contributed by atoms with E-state index in [1.165, 1.54) is 28.8 Å². The minimum absolute atomic E-state index is 0.0145. The maximum absolute atomic E-state index is 14.6. The SMILES string of the molecule is O=C(c1cc(Cc2c[nH]c(=O)c3cc(Cl)c(Cl)n23)ccc1F)N1CCC(N2CC(F)(F)C2)CC1. The molecule has 0 saturated carbocycles. The van der Waals surface area contributed by atoms with Crippen molar-refractivity contribution in [2.45, 2.75) is 31.2 Å². The van der Waals surface area contributed by atoms with Gasteiger partial charge >= 0.3 is 0 Å². The Morgan fingerprint density at radius 3 is 2.53 bits per heavy atom. The molecule has 0 spiro atoms. The molecule has 2 aromatic heterocycles. The molecule has 1 N–H and O–H groups in total. The van der Waals surface area contributed by atoms with Crippen molar-refractivity contribution < 1.29 is 18.0 Å². The number of hydrogen-bond donors (Lipinski definition) is 1. The summed E-state index contributed by atoms with van der Waals surface area (Å²) < 4.78 is 42.4. The predicted octanol–water partition coefficient (Wildman–Crippen LogP) is 4.22. The van der Waals surface area contributed by atoms with Crippen LogP contribution in [0.4, 0.5) is 13.2 Å². The Bertz CT molecular complexity index is 1320. The lowest BCUT2D eigenvalue weighted by Crippen LogP contribution is -2.61. The Labute approximate surface area is 202 Å². The highest BCUT2D eigenvalue weighted by Crippen LogP contribution is 2.32. The molecule has 6 nitrogen and oxygen atoms in total. The van der Waals surface area contributed by atoms with E-state index in [1.807, 2.05) is 0 Å². The first-order valence-electron chi connectivity index (χ1n) is 10.9. The van der Waals surface area contributed by atoms with Crippen molar-refractivity contribution >= 4 is 34.6 Å². The maximum Gasteiger partial charge on any atom is 0.272 e. The van der Waals surface area contributed by atoms with Gasteiger partial charge in [0.15, 0.2) is 0 Å². The summed E-state index contributed by atoms with van der Waals surface area (Å²) in [6.07, 6.45) is 2.92. The molecule has 0 atom stereocenters. The third-order valence-corrected chi connectivity index (χ3v) is 7.33. The number of hydrogen-bond acceptors (Lipinski definition) is 3. The minimum atomic E-state index is -2.62. The zero-order chi connectivity index (χ0) is 24.2. The number of aromatic amines is 1. The van der Waals surface area contributed by atoms with Crippen molar-refractivity contribution in [3.05, 3.63) is 73.6 Å². The maximum atomic E-state index is 14.6. The molecule has 1 amide bonds. The lowest BCUT2D eigenvalue weighted by Gasteiger charge is -2.46. The fourth-order valence-corrected chi connectivity index (χ4v) is 5.23. The second-order valence-electron chi connectivity index (χ2n) is 8.89. The van der Waals surface area contributed by atoms with E-state index in [0.29, 0.717) is 37.2 Å². The normalized spacial score (nSPS) is 18.9. The number of fused-ring (bicyclic) bond motifs is 1. The summed E-state index contributed by atoms with van der Waals surface area (Å²) >= 11 is 12.4. The highest BCUT2D eigenvalue weighted by molar-refractivity contribution is 6.42. The van der Waals surface area contributed by atoms with Gasteiger partial charge in [0.1, 0.15) is 16.5 Å². The van der Waals surface area contributed by atoms with E-state index in [4.69, 9.17) is 23.2 Å². The Kier molecular flexibility index (Phi) is 5.90. The Morgan fingerprint density at radius 1 is 1.15 bits per heavy atom. The number of likely N-dealkylation sites (tertiary alicyclic amines) is 2. The zero-order valence-corrected chi connectivity index (χ0v) is 19.5. The van der Waals surface area contributed by atoms with Gasteiger partial charge in [0.25, 0.3) is 17.4 Å². The number of amides is 1. The number of nitrogens with zero attached hydrogens (tertiary/aromatic N) is 3. The molecule has 180 valence electrons. The van der Waals surface area contributed by atoms with E-state index in [0.717, 1.165) is 0 Å². The van der Waals surface area contributed by atoms with Crippen molar-refractivity contribution in [3.63, 3.8) is 0 Å². The Hall–Kier alpha value is -2.49. The predicted molar refractivity (Wildman–Crippen MR) is 123 cm³/mol. The molecule has 0 aliphatic carbocycles. The molecule has 0 bridgehead atoms. The molecule has 2 aliphatic rings. The van der Waals surface area contributed by atoms with Crippen molar-refractivity contribution in [1.82, 2.24) is 19.2 Å². The van der Waals surface area contributed by atoms with Crippen LogP contribution in [0, 0.1) is 5.82 Å². The number of benzene rings is 1. The van der Waals surface area contributed by atoms with Crippen LogP contribution in [0.1, 0.15) is 34.5 Å². The van der Waals surface area contributed by atoms with E-state index < -0.39 is 17.6 Å². The van der Waals surface area contributed by atoms with Crippen LogP contribution in [-0.4, -0.2) is 63.2 Å². The molecular weight excluding hydrogens is 492 g/mol. The van der Waals surface area contributed by atoms with Crippen LogP contribution in [0.2, 0.25) is 10.2 Å². The first kappa shape index (κ1) is 23.3. The summed E-state index contributed by atoms with van der Waals surface area (Å²) in [7, 11) is 0. The number of carbonyl (C=O) groups is 1. The third kappa shape index (κ3) is 4.21. The lowest BCUT2D eigenvalue weighted by atomic mass is 9.97. The van der Waals surface area contributed by atoms with Gasteiger partial charge in [0, 0.05) is 37.4 Å². The van der Waals surface area contributed by atoms with Gasteiger partial charge in [0.05, 0.1) is 23.7 Å². The van der Waals surface area contributed by atoms with Crippen molar-refractivity contribution in [3.8, 4) is 0 Å². The van der Waals surface area contributed by atoms with Gasteiger partial charge < -0.3 is 9.88 Å². The van der Waals surface area contributed by atoms with E-state index in [9.17, 15) is 22.8 Å². The minimum Gasteiger partial charge on any atom is -0.338 e. The van der Waals surface area contributed by atoms with E-state index in [-0.39, 0.29) is 52.4 Å². The van der Waals surface area contributed by atoms with Gasteiger partial charge in [-0.2, -0.15) is 0 Å². The number of carbonyl (C=O) groups excluding carboxylic acids is 1. The van der Waals surface area contributed by atoms with Crippen molar-refractivity contribution in [2.24, 2.45) is 0 Å². The molecule has 3 aromatic rings. The summed E-state index contributed by atoms with van der Waals surface area (Å²) in [5.41, 5.74) is 1.15. The van der Waals surface area contributed by atoms with Gasteiger partial charge in [-0.25, -0.2) is 13.2 Å². The van der Waals surface area contributed by atoms with Crippen LogP contribution in [0.25, 0.3) is 5.52 Å². The van der Waals surface area contributed by atoms with Crippen LogP contribution in [-0.2, 0) is 6.42 Å². The first-order valence-corrected chi connectivity index (χ1v) is 11.7. The summed E-state index contributed by atoms with van der Waals surface area (Å²) in [6, 6.07) is 5.79. The molecule has 2 saturated heterocycles. The van der Waals surface area contributed by atoms with Gasteiger partial charge in [-0.1, -0.05) is 29.3 Å². The number of nitrogens with one attached hydrogen (secondary N) is 1. The Balaban J connectivity index is 1.33. The molecule has 5 rings (SSSR count). The quantitative estimate of drug-likeness (QED) is 0.569. The molecule has 0 radical (unpaired) electrons. The largest absolute Gasteiger partial charge is 0.338 e. The standard InChI is InChI=1S/C23H21Cl2F3N4O2/c24-17-9-19-21(33)29-10-15(32(19)20(17)25)7-13-1-2-18(26)16(8-13)22(34)30-5-3-14(4-6-30)31-11-23(27,28)12-31/h1-2,8-10,14H,3-7,11-12H2,(H,29,33). The lowest BCUT2D eigenvalue weighted by molar-refractivity contribution is -0.150. The number of aromatic nitrogens is 2.